The predicted molar refractivity (Wildman–Crippen MR) is 87.8 cm³/mol. The van der Waals surface area contributed by atoms with Gasteiger partial charge in [0.1, 0.15) is 5.82 Å². The molecule has 0 bridgehead atoms. The van der Waals surface area contributed by atoms with Gasteiger partial charge in [-0.05, 0) is 46.6 Å². The Morgan fingerprint density at radius 1 is 1.19 bits per heavy atom. The molecule has 0 fully saturated rings. The van der Waals surface area contributed by atoms with Crippen LogP contribution in [0.3, 0.4) is 0 Å². The number of benzene rings is 2. The maximum atomic E-state index is 13.6. The molecule has 0 aliphatic rings. The number of para-hydroxylation sites is 1. The number of nitrogens with zero attached hydrogens (tertiary/aromatic N) is 1. The van der Waals surface area contributed by atoms with Crippen LogP contribution in [0.5, 0.6) is 0 Å². The average molecular weight is 347 g/mol. The van der Waals surface area contributed by atoms with E-state index in [0.717, 1.165) is 15.7 Å². The largest absolute Gasteiger partial charge is 0.339 e. The summed E-state index contributed by atoms with van der Waals surface area (Å²) in [4.78, 5) is 0. The predicted octanol–water partition coefficient (Wildman–Crippen LogP) is 4.36. The standard InChI is InChI=1S/C17H16BrFN2/c1-11-17(18)14-4-2-3-5-16(14)21(11)10-12-6-7-15(19)13(8-12)9-20/h2-8H,9-10,20H2,1H3. The maximum Gasteiger partial charge on any atom is 0.127 e. The number of rotatable bonds is 3. The molecule has 0 unspecified atom stereocenters. The van der Waals surface area contributed by atoms with E-state index in [1.165, 1.54) is 17.0 Å². The Hall–Kier alpha value is -1.65. The van der Waals surface area contributed by atoms with Gasteiger partial charge < -0.3 is 10.3 Å². The van der Waals surface area contributed by atoms with Gasteiger partial charge in [0.15, 0.2) is 0 Å². The monoisotopic (exact) mass is 346 g/mol. The number of halogens is 2. The van der Waals surface area contributed by atoms with Gasteiger partial charge in [-0.3, -0.25) is 0 Å². The van der Waals surface area contributed by atoms with Crippen molar-refractivity contribution in [3.63, 3.8) is 0 Å². The molecule has 21 heavy (non-hydrogen) atoms. The number of aromatic nitrogens is 1. The molecule has 0 amide bonds. The second-order valence-electron chi connectivity index (χ2n) is 5.13. The van der Waals surface area contributed by atoms with Crippen LogP contribution in [0.1, 0.15) is 16.8 Å². The lowest BCUT2D eigenvalue weighted by Crippen LogP contribution is -2.05. The molecule has 1 aromatic heterocycles. The number of nitrogens with two attached hydrogens (primary N) is 1. The maximum absolute atomic E-state index is 13.6. The van der Waals surface area contributed by atoms with Crippen LogP contribution in [0.25, 0.3) is 10.9 Å². The molecule has 0 aliphatic heterocycles. The molecule has 2 N–H and O–H groups in total. The highest BCUT2D eigenvalue weighted by molar-refractivity contribution is 9.10. The van der Waals surface area contributed by atoms with Gasteiger partial charge in [-0.1, -0.05) is 24.3 Å². The zero-order chi connectivity index (χ0) is 15.0. The summed E-state index contributed by atoms with van der Waals surface area (Å²) in [5.41, 5.74) is 9.52. The third-order valence-electron chi connectivity index (χ3n) is 3.82. The minimum Gasteiger partial charge on any atom is -0.339 e. The van der Waals surface area contributed by atoms with Crippen LogP contribution < -0.4 is 5.73 Å². The fourth-order valence-electron chi connectivity index (χ4n) is 2.66. The Morgan fingerprint density at radius 3 is 2.71 bits per heavy atom. The van der Waals surface area contributed by atoms with E-state index in [1.807, 2.05) is 24.3 Å². The van der Waals surface area contributed by atoms with Crippen molar-refractivity contribution in [1.29, 1.82) is 0 Å². The van der Waals surface area contributed by atoms with Gasteiger partial charge in [-0.2, -0.15) is 0 Å². The summed E-state index contributed by atoms with van der Waals surface area (Å²) in [6, 6.07) is 13.4. The van der Waals surface area contributed by atoms with Crippen molar-refractivity contribution in [3.8, 4) is 0 Å². The molecular weight excluding hydrogens is 331 g/mol. The lowest BCUT2D eigenvalue weighted by molar-refractivity contribution is 0.609. The van der Waals surface area contributed by atoms with E-state index in [0.29, 0.717) is 12.1 Å². The van der Waals surface area contributed by atoms with Gasteiger partial charge in [0, 0.05) is 39.7 Å². The molecule has 4 heteroatoms. The zero-order valence-corrected chi connectivity index (χ0v) is 13.3. The first kappa shape index (κ1) is 14.3. The summed E-state index contributed by atoms with van der Waals surface area (Å²) in [5, 5.41) is 1.19. The summed E-state index contributed by atoms with van der Waals surface area (Å²) in [6.45, 7) is 3.00. The third kappa shape index (κ3) is 2.49. The minimum atomic E-state index is -0.239. The molecule has 0 radical (unpaired) electrons. The fourth-order valence-corrected chi connectivity index (χ4v) is 3.21. The summed E-state index contributed by atoms with van der Waals surface area (Å²) < 4.78 is 16.9. The first-order valence-electron chi connectivity index (χ1n) is 6.82. The van der Waals surface area contributed by atoms with Crippen molar-refractivity contribution >= 4 is 26.8 Å². The van der Waals surface area contributed by atoms with Gasteiger partial charge >= 0.3 is 0 Å². The number of hydrogen-bond acceptors (Lipinski definition) is 1. The molecule has 3 aromatic rings. The summed E-state index contributed by atoms with van der Waals surface area (Å²) >= 11 is 3.65. The second kappa shape index (κ2) is 5.62. The molecule has 1 heterocycles. The Kier molecular flexibility index (Phi) is 3.83. The van der Waals surface area contributed by atoms with Crippen LogP contribution in [0.2, 0.25) is 0 Å². The molecule has 2 aromatic carbocycles. The lowest BCUT2D eigenvalue weighted by Gasteiger charge is -2.10. The third-order valence-corrected chi connectivity index (χ3v) is 4.83. The van der Waals surface area contributed by atoms with E-state index in [9.17, 15) is 4.39 Å². The van der Waals surface area contributed by atoms with Crippen molar-refractivity contribution < 1.29 is 4.39 Å². The Bertz CT molecular complexity index is 808. The van der Waals surface area contributed by atoms with E-state index in [4.69, 9.17) is 5.73 Å². The van der Waals surface area contributed by atoms with Crippen LogP contribution in [0.4, 0.5) is 4.39 Å². The fraction of sp³-hybridized carbons (Fsp3) is 0.176. The first-order valence-corrected chi connectivity index (χ1v) is 7.62. The first-order chi connectivity index (χ1) is 10.1. The van der Waals surface area contributed by atoms with Crippen molar-refractivity contribution in [3.05, 3.63) is 69.6 Å². The van der Waals surface area contributed by atoms with Crippen molar-refractivity contribution in [1.82, 2.24) is 4.57 Å². The molecule has 3 rings (SSSR count). The average Bonchev–Trinajstić information content (AvgIpc) is 2.74. The Morgan fingerprint density at radius 2 is 1.95 bits per heavy atom. The van der Waals surface area contributed by atoms with Gasteiger partial charge in [-0.25, -0.2) is 4.39 Å². The van der Waals surface area contributed by atoms with Gasteiger partial charge in [-0.15, -0.1) is 0 Å². The molecule has 2 nitrogen and oxygen atoms in total. The Labute approximate surface area is 131 Å². The van der Waals surface area contributed by atoms with Crippen LogP contribution in [-0.4, -0.2) is 4.57 Å². The van der Waals surface area contributed by atoms with Crippen molar-refractivity contribution in [2.45, 2.75) is 20.0 Å². The summed E-state index contributed by atoms with van der Waals surface area (Å²) in [7, 11) is 0. The van der Waals surface area contributed by atoms with Crippen molar-refractivity contribution in [2.75, 3.05) is 0 Å². The van der Waals surface area contributed by atoms with E-state index < -0.39 is 0 Å². The molecule has 0 atom stereocenters. The quantitative estimate of drug-likeness (QED) is 0.750. The topological polar surface area (TPSA) is 30.9 Å². The molecule has 108 valence electrons. The Balaban J connectivity index is 2.08. The summed E-state index contributed by atoms with van der Waals surface area (Å²) in [5.74, 6) is -0.239. The van der Waals surface area contributed by atoms with Crippen LogP contribution in [0, 0.1) is 12.7 Å². The zero-order valence-electron chi connectivity index (χ0n) is 11.7. The van der Waals surface area contributed by atoms with Gasteiger partial charge in [0.25, 0.3) is 0 Å². The molecule has 0 aliphatic carbocycles. The number of hydrogen-bond donors (Lipinski definition) is 1. The van der Waals surface area contributed by atoms with Crippen molar-refractivity contribution in [2.24, 2.45) is 5.73 Å². The van der Waals surface area contributed by atoms with Gasteiger partial charge in [0.05, 0.1) is 0 Å². The normalized spacial score (nSPS) is 11.2. The highest BCUT2D eigenvalue weighted by Crippen LogP contribution is 2.31. The smallest absolute Gasteiger partial charge is 0.127 e. The molecular formula is C17H16BrFN2. The van der Waals surface area contributed by atoms with Gasteiger partial charge in [0.2, 0.25) is 0 Å². The van der Waals surface area contributed by atoms with E-state index in [-0.39, 0.29) is 12.4 Å². The van der Waals surface area contributed by atoms with E-state index >= 15 is 0 Å². The van der Waals surface area contributed by atoms with Crippen LogP contribution in [0.15, 0.2) is 46.9 Å². The lowest BCUT2D eigenvalue weighted by atomic mass is 10.1. The molecule has 0 saturated carbocycles. The minimum absolute atomic E-state index is 0.217. The van der Waals surface area contributed by atoms with E-state index in [2.05, 4.69) is 39.6 Å². The highest BCUT2D eigenvalue weighted by Gasteiger charge is 2.12. The number of fused-ring (bicyclic) bond motifs is 1. The SMILES string of the molecule is Cc1c(Br)c2ccccc2n1Cc1ccc(F)c(CN)c1. The van der Waals surface area contributed by atoms with E-state index in [1.54, 1.807) is 0 Å². The van der Waals surface area contributed by atoms with Crippen LogP contribution in [-0.2, 0) is 13.1 Å². The van der Waals surface area contributed by atoms with Crippen LogP contribution >= 0.6 is 15.9 Å². The second-order valence-corrected chi connectivity index (χ2v) is 5.93. The summed E-state index contributed by atoms with van der Waals surface area (Å²) in [6.07, 6.45) is 0. The molecule has 0 saturated heterocycles. The molecule has 0 spiro atoms. The highest BCUT2D eigenvalue weighted by atomic mass is 79.9.